The van der Waals surface area contributed by atoms with Crippen molar-refractivity contribution in [2.24, 2.45) is 5.73 Å². The SMILES string of the molecule is Cc1ccc(C(CN)Oc2ccc(Br)cc2Br)s1. The van der Waals surface area contributed by atoms with Crippen LogP contribution in [0, 0.1) is 6.92 Å². The molecule has 2 N–H and O–H groups in total. The van der Waals surface area contributed by atoms with E-state index >= 15 is 0 Å². The van der Waals surface area contributed by atoms with Crippen LogP contribution in [-0.4, -0.2) is 6.54 Å². The van der Waals surface area contributed by atoms with Crippen molar-refractivity contribution in [3.8, 4) is 5.75 Å². The van der Waals surface area contributed by atoms with Crippen LogP contribution < -0.4 is 10.5 Å². The van der Waals surface area contributed by atoms with E-state index in [1.54, 1.807) is 11.3 Å². The van der Waals surface area contributed by atoms with Crippen molar-refractivity contribution < 1.29 is 4.74 Å². The van der Waals surface area contributed by atoms with Crippen LogP contribution in [0.2, 0.25) is 0 Å². The molecule has 0 saturated heterocycles. The Morgan fingerprint density at radius 1 is 1.28 bits per heavy atom. The maximum Gasteiger partial charge on any atom is 0.145 e. The van der Waals surface area contributed by atoms with Gasteiger partial charge in [0, 0.05) is 20.8 Å². The first-order chi connectivity index (χ1) is 8.60. The predicted octanol–water partition coefficient (Wildman–Crippen LogP) is 4.66. The number of hydrogen-bond acceptors (Lipinski definition) is 3. The summed E-state index contributed by atoms with van der Waals surface area (Å²) < 4.78 is 7.90. The molecule has 2 rings (SSSR count). The van der Waals surface area contributed by atoms with Crippen LogP contribution in [0.5, 0.6) is 5.75 Å². The van der Waals surface area contributed by atoms with E-state index in [0.717, 1.165) is 19.6 Å². The minimum atomic E-state index is -0.0961. The number of aryl methyl sites for hydroxylation is 1. The van der Waals surface area contributed by atoms with Crippen LogP contribution in [0.4, 0.5) is 0 Å². The van der Waals surface area contributed by atoms with Gasteiger partial charge in [-0.15, -0.1) is 11.3 Å². The molecule has 1 unspecified atom stereocenters. The van der Waals surface area contributed by atoms with Gasteiger partial charge in [0.2, 0.25) is 0 Å². The number of rotatable bonds is 4. The van der Waals surface area contributed by atoms with Crippen LogP contribution in [0.15, 0.2) is 39.3 Å². The molecule has 1 aromatic heterocycles. The first-order valence-electron chi connectivity index (χ1n) is 5.48. The topological polar surface area (TPSA) is 35.2 Å². The standard InChI is InChI=1S/C13H13Br2NOS/c1-8-2-5-13(18-8)12(7-16)17-11-4-3-9(14)6-10(11)15/h2-6,12H,7,16H2,1H3. The monoisotopic (exact) mass is 389 g/mol. The number of thiophene rings is 1. The van der Waals surface area contributed by atoms with Crippen molar-refractivity contribution in [1.82, 2.24) is 0 Å². The molecule has 18 heavy (non-hydrogen) atoms. The lowest BCUT2D eigenvalue weighted by Crippen LogP contribution is -2.17. The van der Waals surface area contributed by atoms with Crippen LogP contribution in [0.1, 0.15) is 15.9 Å². The third-order valence-corrected chi connectivity index (χ3v) is 4.66. The predicted molar refractivity (Wildman–Crippen MR) is 83.3 cm³/mol. The van der Waals surface area contributed by atoms with Gasteiger partial charge in [-0.25, -0.2) is 0 Å². The average molecular weight is 391 g/mol. The van der Waals surface area contributed by atoms with Crippen LogP contribution in [-0.2, 0) is 0 Å². The lowest BCUT2D eigenvalue weighted by Gasteiger charge is -2.17. The Morgan fingerprint density at radius 3 is 2.61 bits per heavy atom. The maximum absolute atomic E-state index is 5.97. The molecule has 5 heteroatoms. The third-order valence-electron chi connectivity index (χ3n) is 2.46. The smallest absolute Gasteiger partial charge is 0.145 e. The molecule has 0 aliphatic carbocycles. The highest BCUT2D eigenvalue weighted by atomic mass is 79.9. The molecule has 1 heterocycles. The first kappa shape index (κ1) is 14.1. The number of hydrogen-bond donors (Lipinski definition) is 1. The zero-order chi connectivity index (χ0) is 13.1. The Kier molecular flexibility index (Phi) is 4.84. The van der Waals surface area contributed by atoms with E-state index in [-0.39, 0.29) is 6.10 Å². The quantitative estimate of drug-likeness (QED) is 0.823. The zero-order valence-electron chi connectivity index (χ0n) is 9.82. The Balaban J connectivity index is 2.20. The van der Waals surface area contributed by atoms with Crippen molar-refractivity contribution in [3.63, 3.8) is 0 Å². The van der Waals surface area contributed by atoms with Gasteiger partial charge >= 0.3 is 0 Å². The van der Waals surface area contributed by atoms with Crippen LogP contribution in [0.25, 0.3) is 0 Å². The summed E-state index contributed by atoms with van der Waals surface area (Å²) in [6.45, 7) is 2.54. The van der Waals surface area contributed by atoms with E-state index in [9.17, 15) is 0 Å². The highest BCUT2D eigenvalue weighted by Gasteiger charge is 2.15. The first-order valence-corrected chi connectivity index (χ1v) is 7.88. The molecule has 0 saturated carbocycles. The maximum atomic E-state index is 5.97. The molecule has 0 aliphatic rings. The van der Waals surface area contributed by atoms with Gasteiger partial charge in [-0.1, -0.05) is 15.9 Å². The summed E-state index contributed by atoms with van der Waals surface area (Å²) in [6.07, 6.45) is -0.0961. The summed E-state index contributed by atoms with van der Waals surface area (Å²) in [7, 11) is 0. The molecule has 0 radical (unpaired) electrons. The highest BCUT2D eigenvalue weighted by molar-refractivity contribution is 9.11. The molecular formula is C13H13Br2NOS. The Morgan fingerprint density at radius 2 is 2.06 bits per heavy atom. The molecule has 2 nitrogen and oxygen atoms in total. The third kappa shape index (κ3) is 3.35. The van der Waals surface area contributed by atoms with Crippen molar-refractivity contribution in [3.05, 3.63) is 49.0 Å². The lowest BCUT2D eigenvalue weighted by molar-refractivity contribution is 0.216. The second kappa shape index (κ2) is 6.19. The van der Waals surface area contributed by atoms with E-state index in [0.29, 0.717) is 6.54 Å². The second-order valence-corrected chi connectivity index (χ2v) is 6.95. The summed E-state index contributed by atoms with van der Waals surface area (Å²) in [5.74, 6) is 0.805. The molecule has 0 spiro atoms. The Bertz CT molecular complexity index is 542. The second-order valence-electron chi connectivity index (χ2n) is 3.87. The Labute approximate surface area is 127 Å². The van der Waals surface area contributed by atoms with Gasteiger partial charge in [0.1, 0.15) is 11.9 Å². The van der Waals surface area contributed by atoms with Gasteiger partial charge in [-0.05, 0) is 53.2 Å². The number of ether oxygens (including phenoxy) is 1. The largest absolute Gasteiger partial charge is 0.482 e. The lowest BCUT2D eigenvalue weighted by atomic mass is 10.2. The molecule has 1 atom stereocenters. The highest BCUT2D eigenvalue weighted by Crippen LogP contribution is 2.33. The fourth-order valence-corrected chi connectivity index (χ4v) is 3.63. The van der Waals surface area contributed by atoms with Crippen molar-refractivity contribution in [2.45, 2.75) is 13.0 Å². The van der Waals surface area contributed by atoms with Gasteiger partial charge in [0.05, 0.1) is 4.47 Å². The summed E-state index contributed by atoms with van der Waals surface area (Å²) >= 11 is 8.63. The number of benzene rings is 1. The van der Waals surface area contributed by atoms with Crippen LogP contribution >= 0.6 is 43.2 Å². The molecule has 2 aromatic rings. The minimum absolute atomic E-state index is 0.0961. The van der Waals surface area contributed by atoms with Gasteiger partial charge in [0.25, 0.3) is 0 Å². The molecule has 0 amide bonds. The molecule has 1 aromatic carbocycles. The van der Waals surface area contributed by atoms with E-state index in [1.165, 1.54) is 4.88 Å². The zero-order valence-corrected chi connectivity index (χ0v) is 13.8. The fourth-order valence-electron chi connectivity index (χ4n) is 1.57. The average Bonchev–Trinajstić information content (AvgIpc) is 2.75. The van der Waals surface area contributed by atoms with Gasteiger partial charge in [0.15, 0.2) is 0 Å². The summed E-state index contributed by atoms with van der Waals surface area (Å²) in [5.41, 5.74) is 5.80. The summed E-state index contributed by atoms with van der Waals surface area (Å²) in [4.78, 5) is 2.42. The Hall–Kier alpha value is -0.360. The van der Waals surface area contributed by atoms with Gasteiger partial charge in [-0.3, -0.25) is 0 Å². The van der Waals surface area contributed by atoms with Gasteiger partial charge in [-0.2, -0.15) is 0 Å². The molecule has 0 aliphatic heterocycles. The minimum Gasteiger partial charge on any atom is -0.482 e. The van der Waals surface area contributed by atoms with Crippen LogP contribution in [0.3, 0.4) is 0 Å². The van der Waals surface area contributed by atoms with Crippen molar-refractivity contribution in [1.29, 1.82) is 0 Å². The normalized spacial score (nSPS) is 12.4. The number of halogens is 2. The van der Waals surface area contributed by atoms with Crippen molar-refractivity contribution in [2.75, 3.05) is 6.54 Å². The van der Waals surface area contributed by atoms with E-state index in [2.05, 4.69) is 50.9 Å². The molecule has 96 valence electrons. The van der Waals surface area contributed by atoms with Crippen molar-refractivity contribution >= 4 is 43.2 Å². The summed E-state index contributed by atoms with van der Waals surface area (Å²) in [6, 6.07) is 10.0. The fraction of sp³-hybridized carbons (Fsp3) is 0.231. The van der Waals surface area contributed by atoms with E-state index < -0.39 is 0 Å². The molecule has 0 fully saturated rings. The molecule has 0 bridgehead atoms. The summed E-state index contributed by atoms with van der Waals surface area (Å²) in [5, 5.41) is 0. The van der Waals surface area contributed by atoms with E-state index in [1.807, 2.05) is 18.2 Å². The molecular weight excluding hydrogens is 378 g/mol. The van der Waals surface area contributed by atoms with E-state index in [4.69, 9.17) is 10.5 Å². The number of nitrogens with two attached hydrogens (primary N) is 1. The van der Waals surface area contributed by atoms with Gasteiger partial charge < -0.3 is 10.5 Å².